The van der Waals surface area contributed by atoms with E-state index in [0.29, 0.717) is 6.04 Å². The van der Waals surface area contributed by atoms with E-state index in [4.69, 9.17) is 0 Å². The van der Waals surface area contributed by atoms with Crippen molar-refractivity contribution < 1.29 is 0 Å². The van der Waals surface area contributed by atoms with E-state index >= 15 is 0 Å². The third-order valence-corrected chi connectivity index (χ3v) is 1.99. The average molecular weight is 162 g/mol. The quantitative estimate of drug-likeness (QED) is 0.653. The highest BCUT2D eigenvalue weighted by molar-refractivity contribution is 5.46. The van der Waals surface area contributed by atoms with Gasteiger partial charge in [-0.25, -0.2) is 0 Å². The third-order valence-electron chi connectivity index (χ3n) is 1.99. The van der Waals surface area contributed by atoms with Gasteiger partial charge in [0.2, 0.25) is 0 Å². The maximum absolute atomic E-state index is 4.45. The molecule has 0 aliphatic heterocycles. The number of nitrogens with zero attached hydrogens (tertiary/aromatic N) is 2. The molecule has 1 fully saturated rings. The molecule has 0 N–H and O–H groups in total. The summed E-state index contributed by atoms with van der Waals surface area (Å²) in [6, 6.07) is 2.77. The summed E-state index contributed by atoms with van der Waals surface area (Å²) >= 11 is 0. The molecule has 2 rings (SSSR count). The molecule has 0 bridgehead atoms. The maximum atomic E-state index is 4.45. The van der Waals surface area contributed by atoms with Crippen molar-refractivity contribution in [2.45, 2.75) is 32.7 Å². The maximum Gasteiger partial charge on any atom is 0.0850 e. The van der Waals surface area contributed by atoms with Gasteiger partial charge in [0, 0.05) is 6.20 Å². The van der Waals surface area contributed by atoms with Gasteiger partial charge in [0.05, 0.1) is 11.7 Å². The molecule has 64 valence electrons. The minimum absolute atomic E-state index is 0.698. The SMILES string of the molecule is CC(C)=Cc1ccn(C2CC2)n1. The number of aromatic nitrogens is 2. The lowest BCUT2D eigenvalue weighted by Gasteiger charge is -1.93. The molecule has 2 heteroatoms. The Morgan fingerprint density at radius 2 is 2.33 bits per heavy atom. The van der Waals surface area contributed by atoms with E-state index in [9.17, 15) is 0 Å². The third kappa shape index (κ3) is 1.58. The molecule has 0 radical (unpaired) electrons. The molecule has 1 aliphatic rings. The van der Waals surface area contributed by atoms with Crippen molar-refractivity contribution in [1.82, 2.24) is 9.78 Å². The van der Waals surface area contributed by atoms with Gasteiger partial charge in [0.15, 0.2) is 0 Å². The Morgan fingerprint density at radius 1 is 1.58 bits per heavy atom. The van der Waals surface area contributed by atoms with Crippen LogP contribution in [0, 0.1) is 0 Å². The Kier molecular flexibility index (Phi) is 1.75. The minimum Gasteiger partial charge on any atom is -0.269 e. The monoisotopic (exact) mass is 162 g/mol. The average Bonchev–Trinajstić information content (AvgIpc) is 2.73. The normalized spacial score (nSPS) is 16.2. The van der Waals surface area contributed by atoms with E-state index in [1.165, 1.54) is 18.4 Å². The Morgan fingerprint density at radius 3 is 2.92 bits per heavy atom. The summed E-state index contributed by atoms with van der Waals surface area (Å²) < 4.78 is 2.08. The Labute approximate surface area is 72.9 Å². The van der Waals surface area contributed by atoms with E-state index in [2.05, 4.69) is 42.0 Å². The van der Waals surface area contributed by atoms with Crippen LogP contribution in [0.4, 0.5) is 0 Å². The number of hydrogen-bond acceptors (Lipinski definition) is 1. The summed E-state index contributed by atoms with van der Waals surface area (Å²) in [4.78, 5) is 0. The molecule has 1 aromatic heterocycles. The van der Waals surface area contributed by atoms with Gasteiger partial charge in [0.25, 0.3) is 0 Å². The lowest BCUT2D eigenvalue weighted by atomic mass is 10.3. The Hall–Kier alpha value is -1.05. The molecule has 2 nitrogen and oxygen atoms in total. The first-order valence-corrected chi connectivity index (χ1v) is 4.46. The summed E-state index contributed by atoms with van der Waals surface area (Å²) in [5.41, 5.74) is 2.39. The zero-order valence-corrected chi connectivity index (χ0v) is 7.62. The molecule has 0 unspecified atom stereocenters. The molecule has 0 aromatic carbocycles. The largest absolute Gasteiger partial charge is 0.269 e. The standard InChI is InChI=1S/C10H14N2/c1-8(2)7-9-5-6-12(11-9)10-3-4-10/h5-7,10H,3-4H2,1-2H3. The molecule has 0 amide bonds. The summed E-state index contributed by atoms with van der Waals surface area (Å²) in [6.07, 6.45) is 6.79. The van der Waals surface area contributed by atoms with Crippen molar-refractivity contribution in [2.75, 3.05) is 0 Å². The van der Waals surface area contributed by atoms with Crippen molar-refractivity contribution in [1.29, 1.82) is 0 Å². The van der Waals surface area contributed by atoms with E-state index in [1.54, 1.807) is 0 Å². The Bertz CT molecular complexity index is 301. The van der Waals surface area contributed by atoms with Crippen LogP contribution in [0.5, 0.6) is 0 Å². The fourth-order valence-electron chi connectivity index (χ4n) is 1.27. The lowest BCUT2D eigenvalue weighted by Crippen LogP contribution is -1.93. The van der Waals surface area contributed by atoms with Crippen molar-refractivity contribution in [3.63, 3.8) is 0 Å². The highest BCUT2D eigenvalue weighted by Gasteiger charge is 2.23. The fraction of sp³-hybridized carbons (Fsp3) is 0.500. The summed E-state index contributed by atoms with van der Waals surface area (Å²) in [6.45, 7) is 4.19. The van der Waals surface area contributed by atoms with Crippen LogP contribution in [0.15, 0.2) is 17.8 Å². The van der Waals surface area contributed by atoms with Crippen LogP contribution < -0.4 is 0 Å². The van der Waals surface area contributed by atoms with Crippen LogP contribution in [0.2, 0.25) is 0 Å². The van der Waals surface area contributed by atoms with Crippen molar-refractivity contribution in [2.24, 2.45) is 0 Å². The van der Waals surface area contributed by atoms with Gasteiger partial charge in [-0.3, -0.25) is 4.68 Å². The number of rotatable bonds is 2. The molecule has 0 spiro atoms. The van der Waals surface area contributed by atoms with Crippen molar-refractivity contribution in [3.05, 3.63) is 23.5 Å². The molecule has 1 aliphatic carbocycles. The summed E-state index contributed by atoms with van der Waals surface area (Å²) in [5.74, 6) is 0. The second-order valence-electron chi connectivity index (χ2n) is 3.67. The first-order valence-electron chi connectivity index (χ1n) is 4.46. The second kappa shape index (κ2) is 2.77. The van der Waals surface area contributed by atoms with Gasteiger partial charge in [-0.15, -0.1) is 0 Å². The van der Waals surface area contributed by atoms with Crippen LogP contribution in [0.25, 0.3) is 6.08 Å². The van der Waals surface area contributed by atoms with Crippen LogP contribution >= 0.6 is 0 Å². The molecule has 1 saturated carbocycles. The zero-order valence-electron chi connectivity index (χ0n) is 7.62. The van der Waals surface area contributed by atoms with Gasteiger partial charge in [0.1, 0.15) is 0 Å². The highest BCUT2D eigenvalue weighted by atomic mass is 15.3. The van der Waals surface area contributed by atoms with E-state index in [1.807, 2.05) is 0 Å². The van der Waals surface area contributed by atoms with Crippen molar-refractivity contribution in [3.8, 4) is 0 Å². The van der Waals surface area contributed by atoms with Gasteiger partial charge in [-0.05, 0) is 38.8 Å². The number of hydrogen-bond donors (Lipinski definition) is 0. The predicted octanol–water partition coefficient (Wildman–Crippen LogP) is 2.64. The molecular formula is C10H14N2. The van der Waals surface area contributed by atoms with Crippen LogP contribution in [0.1, 0.15) is 38.4 Å². The van der Waals surface area contributed by atoms with E-state index in [0.717, 1.165) is 5.69 Å². The Balaban J connectivity index is 2.18. The minimum atomic E-state index is 0.698. The molecular weight excluding hydrogens is 148 g/mol. The van der Waals surface area contributed by atoms with Gasteiger partial charge in [-0.2, -0.15) is 5.10 Å². The summed E-state index contributed by atoms with van der Waals surface area (Å²) in [5, 5.41) is 4.45. The van der Waals surface area contributed by atoms with E-state index < -0.39 is 0 Å². The van der Waals surface area contributed by atoms with Crippen molar-refractivity contribution >= 4 is 6.08 Å². The van der Waals surface area contributed by atoms with E-state index in [-0.39, 0.29) is 0 Å². The molecule has 0 atom stereocenters. The van der Waals surface area contributed by atoms with Crippen LogP contribution in [-0.2, 0) is 0 Å². The molecule has 1 aromatic rings. The van der Waals surface area contributed by atoms with Gasteiger partial charge >= 0.3 is 0 Å². The second-order valence-corrected chi connectivity index (χ2v) is 3.67. The fourth-order valence-corrected chi connectivity index (χ4v) is 1.27. The molecule has 1 heterocycles. The van der Waals surface area contributed by atoms with Crippen LogP contribution in [0.3, 0.4) is 0 Å². The van der Waals surface area contributed by atoms with Gasteiger partial charge in [-0.1, -0.05) is 5.57 Å². The molecule has 0 saturated heterocycles. The summed E-state index contributed by atoms with van der Waals surface area (Å²) in [7, 11) is 0. The van der Waals surface area contributed by atoms with Gasteiger partial charge < -0.3 is 0 Å². The topological polar surface area (TPSA) is 17.8 Å². The predicted molar refractivity (Wildman–Crippen MR) is 49.8 cm³/mol. The first kappa shape index (κ1) is 7.59. The smallest absolute Gasteiger partial charge is 0.0850 e. The molecule has 12 heavy (non-hydrogen) atoms. The first-order chi connectivity index (χ1) is 5.75. The number of allylic oxidation sites excluding steroid dienone is 1. The zero-order chi connectivity index (χ0) is 8.55. The van der Waals surface area contributed by atoms with Crippen LogP contribution in [-0.4, -0.2) is 9.78 Å². The highest BCUT2D eigenvalue weighted by Crippen LogP contribution is 2.33. The lowest BCUT2D eigenvalue weighted by molar-refractivity contribution is 0.640.